The molecule has 2 aromatic carbocycles. The minimum atomic E-state index is -0.818. The third kappa shape index (κ3) is 4.52. The van der Waals surface area contributed by atoms with E-state index in [2.05, 4.69) is 0 Å². The summed E-state index contributed by atoms with van der Waals surface area (Å²) in [6.45, 7) is 0.665. The van der Waals surface area contributed by atoms with Crippen LogP contribution in [0.15, 0.2) is 60.7 Å². The molecule has 0 unspecified atom stereocenters. The molecule has 0 bridgehead atoms. The lowest BCUT2D eigenvalue weighted by Crippen LogP contribution is -2.22. The van der Waals surface area contributed by atoms with Crippen LogP contribution in [0, 0.1) is 5.92 Å². The molecule has 0 aliphatic rings. The van der Waals surface area contributed by atoms with Crippen LogP contribution < -0.4 is 0 Å². The van der Waals surface area contributed by atoms with Gasteiger partial charge >= 0.3 is 5.97 Å². The third-order valence-corrected chi connectivity index (χ3v) is 3.10. The second-order valence-corrected chi connectivity index (χ2v) is 4.73. The predicted molar refractivity (Wildman–Crippen MR) is 77.4 cm³/mol. The van der Waals surface area contributed by atoms with Crippen molar-refractivity contribution < 1.29 is 14.6 Å². The van der Waals surface area contributed by atoms with Crippen molar-refractivity contribution in [2.45, 2.75) is 13.0 Å². The Morgan fingerprint density at radius 3 is 2.05 bits per heavy atom. The first-order chi connectivity index (χ1) is 9.75. The molecule has 0 fully saturated rings. The molecule has 0 aliphatic heterocycles. The van der Waals surface area contributed by atoms with Crippen molar-refractivity contribution in [3.8, 4) is 0 Å². The van der Waals surface area contributed by atoms with Gasteiger partial charge in [-0.15, -0.1) is 0 Å². The highest BCUT2D eigenvalue weighted by Crippen LogP contribution is 2.11. The number of aliphatic carboxylic acids is 1. The van der Waals surface area contributed by atoms with E-state index in [-0.39, 0.29) is 6.61 Å². The van der Waals surface area contributed by atoms with Crippen molar-refractivity contribution in [1.29, 1.82) is 0 Å². The highest BCUT2D eigenvalue weighted by molar-refractivity contribution is 5.70. The van der Waals surface area contributed by atoms with Crippen LogP contribution >= 0.6 is 0 Å². The Labute approximate surface area is 118 Å². The molecular formula is C17H18O3. The average Bonchev–Trinajstić information content (AvgIpc) is 2.48. The zero-order valence-electron chi connectivity index (χ0n) is 11.2. The maximum absolute atomic E-state index is 11.3. The second-order valence-electron chi connectivity index (χ2n) is 4.73. The summed E-state index contributed by atoms with van der Waals surface area (Å²) in [6.07, 6.45) is 0.491. The number of ether oxygens (including phenoxy) is 1. The Bertz CT molecular complexity index is 522. The van der Waals surface area contributed by atoms with Crippen LogP contribution in [0.2, 0.25) is 0 Å². The van der Waals surface area contributed by atoms with Gasteiger partial charge in [-0.2, -0.15) is 0 Å². The fourth-order valence-electron chi connectivity index (χ4n) is 2.01. The normalized spacial score (nSPS) is 12.0. The van der Waals surface area contributed by atoms with Crippen LogP contribution in [0.25, 0.3) is 0 Å². The number of hydrogen-bond acceptors (Lipinski definition) is 2. The summed E-state index contributed by atoms with van der Waals surface area (Å²) >= 11 is 0. The van der Waals surface area contributed by atoms with E-state index in [1.807, 2.05) is 60.7 Å². The fourth-order valence-corrected chi connectivity index (χ4v) is 2.01. The van der Waals surface area contributed by atoms with Gasteiger partial charge in [0.15, 0.2) is 0 Å². The molecule has 0 aliphatic carbocycles. The zero-order valence-corrected chi connectivity index (χ0v) is 11.2. The molecule has 0 radical (unpaired) electrons. The summed E-state index contributed by atoms with van der Waals surface area (Å²) in [6, 6.07) is 19.4. The van der Waals surface area contributed by atoms with Gasteiger partial charge in [0.25, 0.3) is 0 Å². The topological polar surface area (TPSA) is 46.5 Å². The van der Waals surface area contributed by atoms with Crippen LogP contribution in [0.5, 0.6) is 0 Å². The summed E-state index contributed by atoms with van der Waals surface area (Å²) in [5, 5.41) is 9.25. The lowest BCUT2D eigenvalue weighted by molar-refractivity contribution is -0.144. The SMILES string of the molecule is O=C(O)[C@H](COCc1ccccc1)Cc1ccccc1. The summed E-state index contributed by atoms with van der Waals surface area (Å²) in [5.74, 6) is -1.33. The highest BCUT2D eigenvalue weighted by atomic mass is 16.5. The standard InChI is InChI=1S/C17H18O3/c18-17(19)16(11-14-7-3-1-4-8-14)13-20-12-15-9-5-2-6-10-15/h1-10,16H,11-13H2,(H,18,19)/t16-/m0/s1. The number of rotatable bonds is 7. The van der Waals surface area contributed by atoms with E-state index in [4.69, 9.17) is 4.74 Å². The number of carboxylic acid groups (broad SMARTS) is 1. The first kappa shape index (κ1) is 14.3. The van der Waals surface area contributed by atoms with Gasteiger partial charge in [-0.25, -0.2) is 0 Å². The van der Waals surface area contributed by atoms with Gasteiger partial charge in [0, 0.05) is 0 Å². The maximum atomic E-state index is 11.3. The van der Waals surface area contributed by atoms with Crippen LogP contribution in [-0.4, -0.2) is 17.7 Å². The van der Waals surface area contributed by atoms with Gasteiger partial charge < -0.3 is 9.84 Å². The van der Waals surface area contributed by atoms with Gasteiger partial charge in [-0.3, -0.25) is 4.79 Å². The van der Waals surface area contributed by atoms with Gasteiger partial charge in [-0.1, -0.05) is 60.7 Å². The van der Waals surface area contributed by atoms with Gasteiger partial charge in [0.2, 0.25) is 0 Å². The Morgan fingerprint density at radius 1 is 0.950 bits per heavy atom. The fraction of sp³-hybridized carbons (Fsp3) is 0.235. The number of carboxylic acids is 1. The first-order valence-electron chi connectivity index (χ1n) is 6.64. The molecule has 0 spiro atoms. The molecule has 0 saturated carbocycles. The molecule has 0 aromatic heterocycles. The molecule has 1 atom stereocenters. The lowest BCUT2D eigenvalue weighted by atomic mass is 10.0. The Balaban J connectivity index is 1.85. The molecule has 20 heavy (non-hydrogen) atoms. The minimum Gasteiger partial charge on any atom is -0.481 e. The van der Waals surface area contributed by atoms with Crippen LogP contribution in [0.3, 0.4) is 0 Å². The summed E-state index contributed by atoms with van der Waals surface area (Å²) < 4.78 is 5.53. The molecule has 1 N–H and O–H groups in total. The minimum absolute atomic E-state index is 0.221. The highest BCUT2D eigenvalue weighted by Gasteiger charge is 2.18. The maximum Gasteiger partial charge on any atom is 0.309 e. The molecule has 104 valence electrons. The van der Waals surface area contributed by atoms with E-state index < -0.39 is 11.9 Å². The molecule has 2 rings (SSSR count). The van der Waals surface area contributed by atoms with Crippen molar-refractivity contribution in [1.82, 2.24) is 0 Å². The molecule has 2 aromatic rings. The van der Waals surface area contributed by atoms with Crippen molar-refractivity contribution in [2.24, 2.45) is 5.92 Å². The average molecular weight is 270 g/mol. The third-order valence-electron chi connectivity index (χ3n) is 3.10. The smallest absolute Gasteiger partial charge is 0.309 e. The van der Waals surface area contributed by atoms with Gasteiger partial charge in [0.1, 0.15) is 0 Å². The van der Waals surface area contributed by atoms with E-state index in [1.165, 1.54) is 0 Å². The monoisotopic (exact) mass is 270 g/mol. The predicted octanol–water partition coefficient (Wildman–Crippen LogP) is 3.15. The van der Waals surface area contributed by atoms with E-state index in [1.54, 1.807) is 0 Å². The lowest BCUT2D eigenvalue weighted by Gasteiger charge is -2.13. The van der Waals surface area contributed by atoms with Crippen molar-refractivity contribution >= 4 is 5.97 Å². The molecule has 3 heteroatoms. The van der Waals surface area contributed by atoms with E-state index >= 15 is 0 Å². The summed E-state index contributed by atoms with van der Waals surface area (Å²) in [7, 11) is 0. The Kier molecular flexibility index (Phi) is 5.33. The van der Waals surface area contributed by atoms with Gasteiger partial charge in [-0.05, 0) is 17.5 Å². The summed E-state index contributed by atoms with van der Waals surface area (Å²) in [5.41, 5.74) is 2.07. The van der Waals surface area contributed by atoms with Crippen molar-refractivity contribution in [3.63, 3.8) is 0 Å². The van der Waals surface area contributed by atoms with E-state index in [0.29, 0.717) is 13.0 Å². The molecular weight excluding hydrogens is 252 g/mol. The largest absolute Gasteiger partial charge is 0.481 e. The van der Waals surface area contributed by atoms with Crippen LogP contribution in [0.4, 0.5) is 0 Å². The van der Waals surface area contributed by atoms with E-state index in [9.17, 15) is 9.90 Å². The number of benzene rings is 2. The zero-order chi connectivity index (χ0) is 14.2. The van der Waals surface area contributed by atoms with Crippen LogP contribution in [-0.2, 0) is 22.6 Å². The Hall–Kier alpha value is -2.13. The Morgan fingerprint density at radius 2 is 1.50 bits per heavy atom. The van der Waals surface area contributed by atoms with Crippen molar-refractivity contribution in [3.05, 3.63) is 71.8 Å². The molecule has 0 amide bonds. The first-order valence-corrected chi connectivity index (χ1v) is 6.64. The molecule has 3 nitrogen and oxygen atoms in total. The van der Waals surface area contributed by atoms with Gasteiger partial charge in [0.05, 0.1) is 19.1 Å². The number of hydrogen-bond donors (Lipinski definition) is 1. The van der Waals surface area contributed by atoms with E-state index in [0.717, 1.165) is 11.1 Å². The van der Waals surface area contributed by atoms with Crippen molar-refractivity contribution in [2.75, 3.05) is 6.61 Å². The van der Waals surface area contributed by atoms with Crippen LogP contribution in [0.1, 0.15) is 11.1 Å². The summed E-state index contributed by atoms with van der Waals surface area (Å²) in [4.78, 5) is 11.3. The quantitative estimate of drug-likeness (QED) is 0.840. The number of carbonyl (C=O) groups is 1. The second kappa shape index (κ2) is 7.46. The molecule has 0 heterocycles. The molecule has 0 saturated heterocycles.